The summed E-state index contributed by atoms with van der Waals surface area (Å²) in [5.41, 5.74) is 2.36. The predicted molar refractivity (Wildman–Crippen MR) is 117 cm³/mol. The van der Waals surface area contributed by atoms with Crippen molar-refractivity contribution in [2.24, 2.45) is 0 Å². The molecule has 3 aromatic rings. The van der Waals surface area contributed by atoms with E-state index in [1.54, 1.807) is 12.1 Å². The fourth-order valence-corrected chi connectivity index (χ4v) is 4.10. The van der Waals surface area contributed by atoms with Gasteiger partial charge in [0.1, 0.15) is 11.6 Å². The number of hydrogen-bond acceptors (Lipinski definition) is 2. The number of piperidine rings is 1. The number of carbonyl (C=O) groups excluding carboxylic acids is 1. The van der Waals surface area contributed by atoms with Crippen LogP contribution in [0.1, 0.15) is 36.0 Å². The van der Waals surface area contributed by atoms with Crippen LogP contribution in [0.4, 0.5) is 4.39 Å². The molecule has 0 aromatic heterocycles. The summed E-state index contributed by atoms with van der Waals surface area (Å²) in [6.45, 7) is 1.34. The van der Waals surface area contributed by atoms with Crippen molar-refractivity contribution in [1.29, 1.82) is 0 Å². The minimum Gasteiger partial charge on any atom is -0.494 e. The van der Waals surface area contributed by atoms with Crippen LogP contribution in [0.15, 0.2) is 78.9 Å². The Balaban J connectivity index is 1.50. The maximum absolute atomic E-state index is 13.5. The highest BCUT2D eigenvalue weighted by Gasteiger charge is 2.28. The molecule has 3 aromatic carbocycles. The Kier molecular flexibility index (Phi) is 6.43. The van der Waals surface area contributed by atoms with E-state index in [1.807, 2.05) is 59.5 Å². The number of carbonyl (C=O) groups is 1. The predicted octanol–water partition coefficient (Wildman–Crippen LogP) is 5.96. The average molecular weight is 403 g/mol. The minimum absolute atomic E-state index is 0.0411. The summed E-state index contributed by atoms with van der Waals surface area (Å²) in [6.07, 6.45) is 3.93. The van der Waals surface area contributed by atoms with Gasteiger partial charge in [-0.25, -0.2) is 4.39 Å². The van der Waals surface area contributed by atoms with E-state index in [1.165, 1.54) is 12.1 Å². The van der Waals surface area contributed by atoms with E-state index in [4.69, 9.17) is 4.74 Å². The van der Waals surface area contributed by atoms with Crippen LogP contribution in [-0.2, 0) is 0 Å². The molecule has 1 saturated heterocycles. The van der Waals surface area contributed by atoms with Crippen LogP contribution in [0.5, 0.6) is 5.75 Å². The quantitative estimate of drug-likeness (QED) is 0.508. The third kappa shape index (κ3) is 4.70. The summed E-state index contributed by atoms with van der Waals surface area (Å²) >= 11 is 0. The van der Waals surface area contributed by atoms with Crippen molar-refractivity contribution in [3.8, 4) is 16.9 Å². The van der Waals surface area contributed by atoms with Crippen molar-refractivity contribution >= 4 is 5.91 Å². The van der Waals surface area contributed by atoms with Crippen molar-refractivity contribution in [1.82, 2.24) is 4.90 Å². The summed E-state index contributed by atoms with van der Waals surface area (Å²) in [5.74, 6) is 0.615. The number of ether oxygens (including phenoxy) is 1. The van der Waals surface area contributed by atoms with E-state index >= 15 is 0 Å². The minimum atomic E-state index is -0.280. The van der Waals surface area contributed by atoms with Crippen molar-refractivity contribution < 1.29 is 13.9 Å². The molecule has 1 amide bonds. The molecular weight excluding hydrogens is 377 g/mol. The summed E-state index contributed by atoms with van der Waals surface area (Å²) in [5, 5.41) is 0. The van der Waals surface area contributed by atoms with Crippen LogP contribution in [0.2, 0.25) is 0 Å². The second-order valence-corrected chi connectivity index (χ2v) is 7.65. The van der Waals surface area contributed by atoms with Crippen molar-refractivity contribution in [3.63, 3.8) is 0 Å². The van der Waals surface area contributed by atoms with Crippen LogP contribution in [0, 0.1) is 5.82 Å². The molecule has 4 heteroatoms. The lowest BCUT2D eigenvalue weighted by atomic mass is 9.95. The van der Waals surface area contributed by atoms with E-state index in [2.05, 4.69) is 0 Å². The first kappa shape index (κ1) is 20.1. The number of amides is 1. The fraction of sp³-hybridized carbons (Fsp3) is 0.269. The van der Waals surface area contributed by atoms with Crippen LogP contribution in [0.3, 0.4) is 0 Å². The Hall–Kier alpha value is -3.14. The lowest BCUT2D eigenvalue weighted by Crippen LogP contribution is -2.44. The molecule has 1 aliphatic rings. The number of likely N-dealkylation sites (tertiary alicyclic amines) is 1. The van der Waals surface area contributed by atoms with Crippen LogP contribution in [-0.4, -0.2) is 30.0 Å². The topological polar surface area (TPSA) is 29.5 Å². The van der Waals surface area contributed by atoms with Gasteiger partial charge in [0.25, 0.3) is 5.91 Å². The second kappa shape index (κ2) is 9.57. The largest absolute Gasteiger partial charge is 0.494 e. The molecular formula is C26H26FNO2. The highest BCUT2D eigenvalue weighted by molar-refractivity contribution is 6.01. The highest BCUT2D eigenvalue weighted by Crippen LogP contribution is 2.28. The molecule has 30 heavy (non-hydrogen) atoms. The van der Waals surface area contributed by atoms with Gasteiger partial charge < -0.3 is 9.64 Å². The Morgan fingerprint density at radius 2 is 1.67 bits per heavy atom. The lowest BCUT2D eigenvalue weighted by molar-refractivity contribution is 0.0581. The number of hydrogen-bond donors (Lipinski definition) is 0. The molecule has 1 fully saturated rings. The molecule has 3 nitrogen and oxygen atoms in total. The third-order valence-corrected chi connectivity index (χ3v) is 5.66. The van der Waals surface area contributed by atoms with Gasteiger partial charge in [-0.3, -0.25) is 4.79 Å². The van der Waals surface area contributed by atoms with E-state index in [9.17, 15) is 9.18 Å². The Labute approximate surface area is 177 Å². The molecule has 0 aliphatic carbocycles. The van der Waals surface area contributed by atoms with Gasteiger partial charge in [0.2, 0.25) is 0 Å². The molecule has 1 heterocycles. The summed E-state index contributed by atoms with van der Waals surface area (Å²) in [7, 11) is 0. The van der Waals surface area contributed by atoms with Gasteiger partial charge in [-0.1, -0.05) is 48.5 Å². The van der Waals surface area contributed by atoms with Gasteiger partial charge in [-0.05, 0) is 60.7 Å². The van der Waals surface area contributed by atoms with Gasteiger partial charge in [-0.15, -0.1) is 0 Å². The summed E-state index contributed by atoms with van der Waals surface area (Å²) in [6, 6.07) is 23.8. The number of nitrogens with zero attached hydrogens (tertiary/aromatic N) is 1. The van der Waals surface area contributed by atoms with Crippen molar-refractivity contribution in [2.45, 2.75) is 31.7 Å². The molecule has 1 aliphatic heterocycles. The zero-order valence-corrected chi connectivity index (χ0v) is 17.0. The molecule has 0 N–H and O–H groups in total. The monoisotopic (exact) mass is 403 g/mol. The Morgan fingerprint density at radius 3 is 2.47 bits per heavy atom. The Bertz CT molecular complexity index is 972. The first-order chi connectivity index (χ1) is 14.7. The molecule has 4 rings (SSSR count). The highest BCUT2D eigenvalue weighted by atomic mass is 19.1. The standard InChI is InChI=1S/C26H26FNO2/c27-21-15-13-20(14-16-21)24-11-4-5-12-25(24)26(29)28-18-7-6-8-22(28)17-19-30-23-9-2-1-3-10-23/h1-5,9-16,22H,6-8,17-19H2. The SMILES string of the molecule is O=C(c1ccccc1-c1ccc(F)cc1)N1CCCCC1CCOc1ccccc1. The Morgan fingerprint density at radius 1 is 0.933 bits per heavy atom. The third-order valence-electron chi connectivity index (χ3n) is 5.66. The van der Waals surface area contributed by atoms with Gasteiger partial charge in [0.15, 0.2) is 0 Å². The first-order valence-electron chi connectivity index (χ1n) is 10.6. The van der Waals surface area contributed by atoms with Crippen molar-refractivity contribution in [2.75, 3.05) is 13.2 Å². The van der Waals surface area contributed by atoms with Crippen LogP contribution < -0.4 is 4.74 Å². The van der Waals surface area contributed by atoms with Gasteiger partial charge in [-0.2, -0.15) is 0 Å². The van der Waals surface area contributed by atoms with E-state index in [0.29, 0.717) is 12.2 Å². The maximum Gasteiger partial charge on any atom is 0.254 e. The number of para-hydroxylation sites is 1. The summed E-state index contributed by atoms with van der Waals surface area (Å²) in [4.78, 5) is 15.5. The first-order valence-corrected chi connectivity index (χ1v) is 10.6. The summed E-state index contributed by atoms with van der Waals surface area (Å²) < 4.78 is 19.2. The fourth-order valence-electron chi connectivity index (χ4n) is 4.10. The zero-order valence-electron chi connectivity index (χ0n) is 17.0. The molecule has 0 saturated carbocycles. The van der Waals surface area contributed by atoms with Crippen molar-refractivity contribution in [3.05, 3.63) is 90.2 Å². The van der Waals surface area contributed by atoms with Crippen LogP contribution >= 0.6 is 0 Å². The van der Waals surface area contributed by atoms with E-state index in [0.717, 1.165) is 49.1 Å². The maximum atomic E-state index is 13.5. The number of benzene rings is 3. The molecule has 0 bridgehead atoms. The molecule has 0 spiro atoms. The normalized spacial score (nSPS) is 16.3. The van der Waals surface area contributed by atoms with E-state index < -0.39 is 0 Å². The zero-order chi connectivity index (χ0) is 20.8. The lowest BCUT2D eigenvalue weighted by Gasteiger charge is -2.36. The van der Waals surface area contributed by atoms with Gasteiger partial charge >= 0.3 is 0 Å². The molecule has 0 radical (unpaired) electrons. The van der Waals surface area contributed by atoms with Crippen LogP contribution in [0.25, 0.3) is 11.1 Å². The number of rotatable bonds is 6. The number of halogens is 1. The molecule has 154 valence electrons. The van der Waals surface area contributed by atoms with Gasteiger partial charge in [0, 0.05) is 24.6 Å². The van der Waals surface area contributed by atoms with E-state index in [-0.39, 0.29) is 17.8 Å². The van der Waals surface area contributed by atoms with Gasteiger partial charge in [0.05, 0.1) is 6.61 Å². The molecule has 1 unspecified atom stereocenters. The second-order valence-electron chi connectivity index (χ2n) is 7.65. The smallest absolute Gasteiger partial charge is 0.254 e. The molecule has 1 atom stereocenters. The average Bonchev–Trinajstić information content (AvgIpc) is 2.80.